The molecule has 2 rings (SSSR count). The van der Waals surface area contributed by atoms with Crippen molar-refractivity contribution in [3.63, 3.8) is 0 Å². The van der Waals surface area contributed by atoms with Crippen LogP contribution < -0.4 is 5.32 Å². The lowest BCUT2D eigenvalue weighted by molar-refractivity contribution is -0.137. The van der Waals surface area contributed by atoms with Crippen molar-refractivity contribution in [2.24, 2.45) is 0 Å². The number of carbonyl (C=O) groups excluding carboxylic acids is 3. The molecule has 1 fully saturated rings. The molecule has 0 radical (unpaired) electrons. The number of piperazine rings is 1. The van der Waals surface area contributed by atoms with Gasteiger partial charge in [-0.2, -0.15) is 13.2 Å². The number of anilines is 1. The van der Waals surface area contributed by atoms with E-state index in [4.69, 9.17) is 16.3 Å². The van der Waals surface area contributed by atoms with Crippen LogP contribution in [-0.4, -0.2) is 85.5 Å². The zero-order valence-corrected chi connectivity index (χ0v) is 17.9. The Morgan fingerprint density at radius 1 is 1.13 bits per heavy atom. The number of amides is 3. The topological polar surface area (TPSA) is 82.2 Å². The van der Waals surface area contributed by atoms with E-state index in [2.05, 4.69) is 5.32 Å². The fraction of sp³-hybridized carbons (Fsp3) is 0.526. The van der Waals surface area contributed by atoms with Gasteiger partial charge in [0.15, 0.2) is 0 Å². The van der Waals surface area contributed by atoms with E-state index in [0.29, 0.717) is 26.2 Å². The number of nitrogens with zero attached hydrogens (tertiary/aromatic N) is 3. The molecule has 3 amide bonds. The highest BCUT2D eigenvalue weighted by atomic mass is 35.5. The first kappa shape index (κ1) is 24.7. The number of ether oxygens (including phenoxy) is 1. The predicted octanol–water partition coefficient (Wildman–Crippen LogP) is 2.53. The average Bonchev–Trinajstić information content (AvgIpc) is 2.68. The smallest absolute Gasteiger partial charge is 0.417 e. The van der Waals surface area contributed by atoms with Gasteiger partial charge in [-0.15, -0.1) is 0 Å². The Morgan fingerprint density at radius 2 is 1.74 bits per heavy atom. The van der Waals surface area contributed by atoms with Crippen molar-refractivity contribution in [3.05, 3.63) is 28.8 Å². The monoisotopic (exact) mass is 464 g/mol. The van der Waals surface area contributed by atoms with E-state index in [0.717, 1.165) is 12.1 Å². The number of alkyl halides is 3. The normalized spacial score (nSPS) is 14.5. The second-order valence-electron chi connectivity index (χ2n) is 6.98. The lowest BCUT2D eigenvalue weighted by atomic mass is 10.2. The maximum Gasteiger partial charge on any atom is 0.417 e. The molecule has 8 nitrogen and oxygen atoms in total. The Kier molecular flexibility index (Phi) is 8.52. The summed E-state index contributed by atoms with van der Waals surface area (Å²) in [6, 6.07) is 3.08. The van der Waals surface area contributed by atoms with Crippen LogP contribution in [-0.2, 0) is 20.5 Å². The van der Waals surface area contributed by atoms with Crippen molar-refractivity contribution in [2.75, 3.05) is 58.2 Å². The summed E-state index contributed by atoms with van der Waals surface area (Å²) in [4.78, 5) is 40.8. The summed E-state index contributed by atoms with van der Waals surface area (Å²) in [5, 5.41) is 1.91. The molecule has 1 aliphatic heterocycles. The summed E-state index contributed by atoms with van der Waals surface area (Å²) in [7, 11) is 1.55. The maximum atomic E-state index is 12.9. The molecule has 1 aromatic carbocycles. The minimum Gasteiger partial charge on any atom is -0.450 e. The molecule has 1 N–H and O–H groups in total. The lowest BCUT2D eigenvalue weighted by Gasteiger charge is -2.34. The third kappa shape index (κ3) is 7.28. The van der Waals surface area contributed by atoms with E-state index in [-0.39, 0.29) is 31.3 Å². The molecule has 0 aliphatic carbocycles. The summed E-state index contributed by atoms with van der Waals surface area (Å²) < 4.78 is 43.7. The minimum absolute atomic E-state index is 0.0449. The van der Waals surface area contributed by atoms with Gasteiger partial charge in [0.25, 0.3) is 0 Å². The lowest BCUT2D eigenvalue weighted by Crippen LogP contribution is -2.52. The second-order valence-corrected chi connectivity index (χ2v) is 7.39. The van der Waals surface area contributed by atoms with Gasteiger partial charge in [-0.05, 0) is 32.2 Å². The van der Waals surface area contributed by atoms with E-state index in [1.807, 2.05) is 0 Å². The fourth-order valence-corrected chi connectivity index (χ4v) is 3.23. The molecule has 1 heterocycles. The summed E-state index contributed by atoms with van der Waals surface area (Å²) in [6.45, 7) is 3.15. The van der Waals surface area contributed by atoms with Crippen LogP contribution in [0.1, 0.15) is 12.5 Å². The molecule has 31 heavy (non-hydrogen) atoms. The highest BCUT2D eigenvalue weighted by Gasteiger charge is 2.33. The van der Waals surface area contributed by atoms with Crippen molar-refractivity contribution < 1.29 is 32.3 Å². The molecule has 12 heteroatoms. The highest BCUT2D eigenvalue weighted by Crippen LogP contribution is 2.36. The number of rotatable bonds is 6. The first-order chi connectivity index (χ1) is 14.5. The van der Waals surface area contributed by atoms with Crippen LogP contribution in [0.5, 0.6) is 0 Å². The summed E-state index contributed by atoms with van der Waals surface area (Å²) in [5.41, 5.74) is -1.09. The van der Waals surface area contributed by atoms with Crippen LogP contribution in [0.4, 0.5) is 23.7 Å². The number of halogens is 4. The fourth-order valence-electron chi connectivity index (χ4n) is 3.01. The molecule has 0 saturated carbocycles. The first-order valence-corrected chi connectivity index (χ1v) is 9.93. The van der Waals surface area contributed by atoms with E-state index in [1.165, 1.54) is 15.9 Å². The number of carbonyl (C=O) groups is 3. The van der Waals surface area contributed by atoms with E-state index >= 15 is 0 Å². The Morgan fingerprint density at radius 3 is 2.32 bits per heavy atom. The van der Waals surface area contributed by atoms with Crippen molar-refractivity contribution in [1.82, 2.24) is 14.7 Å². The third-order valence-electron chi connectivity index (χ3n) is 4.53. The Balaban J connectivity index is 1.82. The molecule has 0 spiro atoms. The zero-order chi connectivity index (χ0) is 23.2. The number of hydrogen-bond donors (Lipinski definition) is 1. The van der Waals surface area contributed by atoms with Gasteiger partial charge in [-0.3, -0.25) is 14.5 Å². The van der Waals surface area contributed by atoms with Gasteiger partial charge in [0.05, 0.1) is 30.3 Å². The van der Waals surface area contributed by atoms with Gasteiger partial charge < -0.3 is 19.9 Å². The molecule has 0 bridgehead atoms. The van der Waals surface area contributed by atoms with Gasteiger partial charge >= 0.3 is 12.3 Å². The van der Waals surface area contributed by atoms with Crippen LogP contribution in [0.15, 0.2) is 18.2 Å². The van der Waals surface area contributed by atoms with Gasteiger partial charge in [-0.25, -0.2) is 4.79 Å². The molecule has 0 atom stereocenters. The van der Waals surface area contributed by atoms with Crippen molar-refractivity contribution in [3.8, 4) is 0 Å². The average molecular weight is 465 g/mol. The number of benzene rings is 1. The molecule has 1 saturated heterocycles. The standard InChI is InChI=1S/C19H24ClF3N4O4/c1-3-31-18(30)27-8-6-26(7-9-27)17(29)12-25(2)11-16(28)24-13-4-5-15(20)14(10-13)19(21,22)23/h4-5,10H,3,6-9,11-12H2,1-2H3,(H,24,28). The molecule has 1 aromatic rings. The maximum absolute atomic E-state index is 12.9. The molecule has 172 valence electrons. The molecule has 1 aliphatic rings. The Labute approximate surface area is 182 Å². The minimum atomic E-state index is -4.64. The summed E-state index contributed by atoms with van der Waals surface area (Å²) in [6.07, 6.45) is -5.06. The van der Waals surface area contributed by atoms with Gasteiger partial charge in [0.1, 0.15) is 0 Å². The Hall–Kier alpha value is -2.53. The highest BCUT2D eigenvalue weighted by molar-refractivity contribution is 6.31. The Bertz CT molecular complexity index is 814. The van der Waals surface area contributed by atoms with Crippen LogP contribution in [0.3, 0.4) is 0 Å². The van der Waals surface area contributed by atoms with Crippen molar-refractivity contribution in [2.45, 2.75) is 13.1 Å². The predicted molar refractivity (Wildman–Crippen MR) is 108 cm³/mol. The van der Waals surface area contributed by atoms with E-state index in [9.17, 15) is 27.6 Å². The second kappa shape index (κ2) is 10.7. The van der Waals surface area contributed by atoms with Gasteiger partial charge in [0.2, 0.25) is 11.8 Å². The number of nitrogens with one attached hydrogen (secondary N) is 1. The first-order valence-electron chi connectivity index (χ1n) is 9.56. The van der Waals surface area contributed by atoms with Crippen LogP contribution in [0.2, 0.25) is 5.02 Å². The van der Waals surface area contributed by atoms with Gasteiger partial charge in [-0.1, -0.05) is 11.6 Å². The largest absolute Gasteiger partial charge is 0.450 e. The van der Waals surface area contributed by atoms with Crippen LogP contribution >= 0.6 is 11.6 Å². The number of hydrogen-bond acceptors (Lipinski definition) is 5. The quantitative estimate of drug-likeness (QED) is 0.699. The molecule has 0 unspecified atom stereocenters. The van der Waals surface area contributed by atoms with E-state index < -0.39 is 28.8 Å². The van der Waals surface area contributed by atoms with Crippen LogP contribution in [0, 0.1) is 0 Å². The SMILES string of the molecule is CCOC(=O)N1CCN(C(=O)CN(C)CC(=O)Nc2ccc(Cl)c(C(F)(F)F)c2)CC1. The summed E-state index contributed by atoms with van der Waals surface area (Å²) >= 11 is 5.56. The number of likely N-dealkylation sites (N-methyl/N-ethyl adjacent to an activating group) is 1. The van der Waals surface area contributed by atoms with E-state index in [1.54, 1.807) is 18.9 Å². The van der Waals surface area contributed by atoms with Crippen LogP contribution in [0.25, 0.3) is 0 Å². The van der Waals surface area contributed by atoms with Crippen molar-refractivity contribution in [1.29, 1.82) is 0 Å². The van der Waals surface area contributed by atoms with Gasteiger partial charge in [0, 0.05) is 31.9 Å². The zero-order valence-electron chi connectivity index (χ0n) is 17.2. The third-order valence-corrected chi connectivity index (χ3v) is 4.86. The molecule has 0 aromatic heterocycles. The van der Waals surface area contributed by atoms with Crippen molar-refractivity contribution >= 4 is 35.2 Å². The summed E-state index contributed by atoms with van der Waals surface area (Å²) in [5.74, 6) is -0.789. The molecular weight excluding hydrogens is 441 g/mol. The molecular formula is C19H24ClF3N4O4.